The predicted octanol–water partition coefficient (Wildman–Crippen LogP) is 7.17. The average molecular weight is 453 g/mol. The van der Waals surface area contributed by atoms with E-state index < -0.39 is 0 Å². The first kappa shape index (κ1) is 22.7. The number of Topliss-reactive ketones (excluding diaryl/α,β-unsaturated/α-hetero) is 1. The van der Waals surface area contributed by atoms with Crippen LogP contribution in [0.15, 0.2) is 40.8 Å². The molecule has 6 atom stereocenters. The van der Waals surface area contributed by atoms with Gasteiger partial charge in [0.1, 0.15) is 5.78 Å². The number of hydrogen-bond donors (Lipinski definition) is 1. The summed E-state index contributed by atoms with van der Waals surface area (Å²) in [6.45, 7) is 6.96. The molecule has 2 nitrogen and oxygen atoms in total. The first-order chi connectivity index (χ1) is 15.3. The molecule has 0 aromatic heterocycles. The Bertz CT molecular complexity index is 887. The molecule has 3 saturated carbocycles. The highest BCUT2D eigenvalue weighted by atomic mass is 32.2. The van der Waals surface area contributed by atoms with Crippen molar-refractivity contribution in [3.8, 4) is 0 Å². The highest BCUT2D eigenvalue weighted by Crippen LogP contribution is 2.65. The smallest absolute Gasteiger partial charge is 0.133 e. The highest BCUT2D eigenvalue weighted by molar-refractivity contribution is 7.99. The number of aliphatic hydroxyl groups excluding tert-OH is 1. The van der Waals surface area contributed by atoms with Gasteiger partial charge in [-0.25, -0.2) is 0 Å². The SMILES string of the molecule is CC(C)c1ccc(SCC[C@]23CC[C@H]4[C@@H](CC=C5C[C@@H](O)CC[C@@]54C)[C@@H]2CC(=O)C3)cc1. The van der Waals surface area contributed by atoms with Crippen LogP contribution in [0.3, 0.4) is 0 Å². The average Bonchev–Trinajstić information content (AvgIpc) is 3.11. The van der Waals surface area contributed by atoms with Crippen molar-refractivity contribution in [3.63, 3.8) is 0 Å². The molecule has 4 aliphatic rings. The van der Waals surface area contributed by atoms with Gasteiger partial charge in [-0.1, -0.05) is 44.6 Å². The fraction of sp³-hybridized carbons (Fsp3) is 0.690. The minimum absolute atomic E-state index is 0.145. The number of fused-ring (bicyclic) bond motifs is 5. The fourth-order valence-corrected chi connectivity index (χ4v) is 9.02. The largest absolute Gasteiger partial charge is 0.393 e. The standard InChI is InChI=1S/C29H40O2S/c1-19(2)20-4-7-24(8-5-20)32-15-14-29-13-11-26-25(27(29)17-23(31)18-29)9-6-21-16-22(30)10-12-28(21,26)3/h4-8,19,22,25-27,30H,9-18H2,1-3H3/t22-,25+,26-,27-,28-,29-/m0/s1. The summed E-state index contributed by atoms with van der Waals surface area (Å²) in [6, 6.07) is 9.09. The number of allylic oxidation sites excluding steroid dienone is 1. The zero-order valence-electron chi connectivity index (χ0n) is 20.1. The molecule has 0 radical (unpaired) electrons. The molecule has 4 aliphatic carbocycles. The predicted molar refractivity (Wildman–Crippen MR) is 133 cm³/mol. The van der Waals surface area contributed by atoms with Crippen molar-refractivity contribution in [1.82, 2.24) is 0 Å². The van der Waals surface area contributed by atoms with Gasteiger partial charge in [-0.2, -0.15) is 0 Å². The van der Waals surface area contributed by atoms with Crippen LogP contribution in [0.5, 0.6) is 0 Å². The number of ketones is 1. The Morgan fingerprint density at radius 3 is 2.62 bits per heavy atom. The molecule has 0 aliphatic heterocycles. The van der Waals surface area contributed by atoms with Gasteiger partial charge < -0.3 is 5.11 Å². The Morgan fingerprint density at radius 1 is 1.09 bits per heavy atom. The quantitative estimate of drug-likeness (QED) is 0.380. The van der Waals surface area contributed by atoms with Gasteiger partial charge in [0.2, 0.25) is 0 Å². The van der Waals surface area contributed by atoms with E-state index in [1.165, 1.54) is 35.3 Å². The monoisotopic (exact) mass is 452 g/mol. The molecular formula is C29H40O2S. The van der Waals surface area contributed by atoms with Crippen LogP contribution in [0.2, 0.25) is 0 Å². The maximum Gasteiger partial charge on any atom is 0.133 e. The van der Waals surface area contributed by atoms with Crippen LogP contribution in [-0.2, 0) is 4.79 Å². The lowest BCUT2D eigenvalue weighted by molar-refractivity contribution is -0.118. The summed E-state index contributed by atoms with van der Waals surface area (Å²) in [7, 11) is 0. The van der Waals surface area contributed by atoms with Crippen LogP contribution in [0, 0.1) is 28.6 Å². The Balaban J connectivity index is 1.30. The first-order valence-electron chi connectivity index (χ1n) is 12.9. The van der Waals surface area contributed by atoms with Crippen molar-refractivity contribution in [2.75, 3.05) is 5.75 Å². The summed E-state index contributed by atoms with van der Waals surface area (Å²) in [5.41, 5.74) is 3.42. The van der Waals surface area contributed by atoms with Crippen LogP contribution in [-0.4, -0.2) is 22.7 Å². The molecule has 3 heteroatoms. The minimum Gasteiger partial charge on any atom is -0.393 e. The van der Waals surface area contributed by atoms with Gasteiger partial charge in [0.25, 0.3) is 0 Å². The minimum atomic E-state index is -0.145. The molecule has 0 heterocycles. The second kappa shape index (κ2) is 8.62. The van der Waals surface area contributed by atoms with E-state index >= 15 is 0 Å². The topological polar surface area (TPSA) is 37.3 Å². The zero-order chi connectivity index (χ0) is 22.5. The second-order valence-electron chi connectivity index (χ2n) is 11.8. The van der Waals surface area contributed by atoms with Crippen LogP contribution in [0.4, 0.5) is 0 Å². The molecule has 1 N–H and O–H groups in total. The first-order valence-corrected chi connectivity index (χ1v) is 13.9. The summed E-state index contributed by atoms with van der Waals surface area (Å²) < 4.78 is 0. The maximum atomic E-state index is 12.8. The van der Waals surface area contributed by atoms with Crippen molar-refractivity contribution in [2.45, 2.75) is 95.5 Å². The Labute approximate surface area is 198 Å². The van der Waals surface area contributed by atoms with E-state index in [0.717, 1.165) is 44.3 Å². The van der Waals surface area contributed by atoms with Gasteiger partial charge in [0, 0.05) is 17.7 Å². The number of rotatable bonds is 5. The Morgan fingerprint density at radius 2 is 1.88 bits per heavy atom. The third-order valence-electron chi connectivity index (χ3n) is 9.83. The second-order valence-corrected chi connectivity index (χ2v) is 13.0. The van der Waals surface area contributed by atoms with Gasteiger partial charge in [-0.3, -0.25) is 4.79 Å². The molecule has 1 aromatic carbocycles. The third kappa shape index (κ3) is 3.92. The van der Waals surface area contributed by atoms with Gasteiger partial charge in [0.15, 0.2) is 0 Å². The van der Waals surface area contributed by atoms with Crippen LogP contribution < -0.4 is 0 Å². The lowest BCUT2D eigenvalue weighted by atomic mass is 9.47. The summed E-state index contributed by atoms with van der Waals surface area (Å²) in [5.74, 6) is 4.14. The van der Waals surface area contributed by atoms with Crippen LogP contribution in [0.1, 0.15) is 90.0 Å². The Kier molecular flexibility index (Phi) is 6.12. The number of thioether (sulfide) groups is 1. The van der Waals surface area contributed by atoms with Crippen molar-refractivity contribution < 1.29 is 9.90 Å². The van der Waals surface area contributed by atoms with Gasteiger partial charge >= 0.3 is 0 Å². The molecule has 174 valence electrons. The molecule has 0 spiro atoms. The number of aliphatic hydroxyl groups is 1. The van der Waals surface area contributed by atoms with E-state index in [1.54, 1.807) is 0 Å². The molecule has 3 fully saturated rings. The molecule has 5 rings (SSSR count). The van der Waals surface area contributed by atoms with E-state index in [4.69, 9.17) is 0 Å². The lowest BCUT2D eigenvalue weighted by Crippen LogP contribution is -2.50. The van der Waals surface area contributed by atoms with Gasteiger partial charge in [0.05, 0.1) is 6.10 Å². The normalized spacial score (nSPS) is 38.8. The number of carbonyl (C=O) groups excluding carboxylic acids is 1. The molecule has 1 aromatic rings. The molecule has 32 heavy (non-hydrogen) atoms. The fourth-order valence-electron chi connectivity index (χ4n) is 7.95. The van der Waals surface area contributed by atoms with Gasteiger partial charge in [-0.05, 0) is 103 Å². The molecule has 0 amide bonds. The van der Waals surface area contributed by atoms with E-state index in [2.05, 4.69) is 51.1 Å². The van der Waals surface area contributed by atoms with Crippen LogP contribution >= 0.6 is 11.8 Å². The van der Waals surface area contributed by atoms with Gasteiger partial charge in [-0.15, -0.1) is 11.8 Å². The van der Waals surface area contributed by atoms with E-state index in [0.29, 0.717) is 29.5 Å². The number of benzene rings is 1. The molecule has 0 saturated heterocycles. The Hall–Kier alpha value is -1.06. The van der Waals surface area contributed by atoms with Crippen molar-refractivity contribution in [2.24, 2.45) is 28.6 Å². The van der Waals surface area contributed by atoms with Crippen LogP contribution in [0.25, 0.3) is 0 Å². The maximum absolute atomic E-state index is 12.8. The van der Waals surface area contributed by atoms with Crippen molar-refractivity contribution in [1.29, 1.82) is 0 Å². The van der Waals surface area contributed by atoms with E-state index in [1.807, 2.05) is 11.8 Å². The van der Waals surface area contributed by atoms with Crippen molar-refractivity contribution in [3.05, 3.63) is 41.5 Å². The summed E-state index contributed by atoms with van der Waals surface area (Å²) in [5, 5.41) is 10.2. The van der Waals surface area contributed by atoms with E-state index in [-0.39, 0.29) is 16.9 Å². The third-order valence-corrected chi connectivity index (χ3v) is 10.8. The summed E-state index contributed by atoms with van der Waals surface area (Å²) >= 11 is 1.98. The molecular weight excluding hydrogens is 412 g/mol. The van der Waals surface area contributed by atoms with E-state index in [9.17, 15) is 9.90 Å². The summed E-state index contributed by atoms with van der Waals surface area (Å²) in [6.07, 6.45) is 11.7. The zero-order valence-corrected chi connectivity index (χ0v) is 20.9. The molecule has 0 unspecified atom stereocenters. The number of hydrogen-bond acceptors (Lipinski definition) is 3. The lowest BCUT2D eigenvalue weighted by Gasteiger charge is -2.57. The number of carbonyl (C=O) groups is 1. The summed E-state index contributed by atoms with van der Waals surface area (Å²) in [4.78, 5) is 14.1. The molecule has 0 bridgehead atoms. The van der Waals surface area contributed by atoms with Crippen molar-refractivity contribution >= 4 is 17.5 Å². The highest BCUT2D eigenvalue weighted by Gasteiger charge is 2.58.